The maximum Gasteiger partial charge on any atom is 0.434 e. The predicted molar refractivity (Wildman–Crippen MR) is 63.9 cm³/mol. The Kier molecular flexibility index (Phi) is 3.26. The van der Waals surface area contributed by atoms with E-state index in [-0.39, 0.29) is 6.10 Å². The van der Waals surface area contributed by atoms with Crippen LogP contribution in [0.5, 0.6) is 6.01 Å². The first-order chi connectivity index (χ1) is 9.84. The lowest BCUT2D eigenvalue weighted by Crippen LogP contribution is -2.25. The van der Waals surface area contributed by atoms with E-state index in [0.717, 1.165) is 25.7 Å². The van der Waals surface area contributed by atoms with Crippen molar-refractivity contribution in [2.24, 2.45) is 11.8 Å². The second-order valence-electron chi connectivity index (χ2n) is 5.55. The van der Waals surface area contributed by atoms with Crippen molar-refractivity contribution in [3.63, 3.8) is 0 Å². The Morgan fingerprint density at radius 2 is 2.10 bits per heavy atom. The van der Waals surface area contributed by atoms with Gasteiger partial charge in [-0.3, -0.25) is 0 Å². The highest BCUT2D eigenvalue weighted by Gasteiger charge is 2.42. The summed E-state index contributed by atoms with van der Waals surface area (Å²) in [5, 5.41) is 8.77. The van der Waals surface area contributed by atoms with Crippen LogP contribution in [0.2, 0.25) is 0 Å². The highest BCUT2D eigenvalue weighted by atomic mass is 19.4. The molecule has 5 nitrogen and oxygen atoms in total. The molecule has 2 fully saturated rings. The minimum absolute atomic E-state index is 0.166. The molecule has 2 saturated carbocycles. The van der Waals surface area contributed by atoms with E-state index in [2.05, 4.69) is 9.97 Å². The number of nitrogens with zero attached hydrogens (tertiary/aromatic N) is 2. The van der Waals surface area contributed by atoms with Gasteiger partial charge in [0.1, 0.15) is 11.7 Å². The van der Waals surface area contributed by atoms with Crippen molar-refractivity contribution in [1.29, 1.82) is 0 Å². The van der Waals surface area contributed by atoms with E-state index in [0.29, 0.717) is 18.0 Å². The van der Waals surface area contributed by atoms with Gasteiger partial charge < -0.3 is 9.84 Å². The number of carboxylic acids is 1. The lowest BCUT2D eigenvalue weighted by molar-refractivity contribution is -0.142. The summed E-state index contributed by atoms with van der Waals surface area (Å²) in [5.41, 5.74) is -2.44. The number of ether oxygens (including phenoxy) is 1. The number of aromatic carboxylic acids is 1. The minimum atomic E-state index is -4.86. The number of rotatable bonds is 3. The molecule has 8 heteroatoms. The molecule has 0 radical (unpaired) electrons. The zero-order chi connectivity index (χ0) is 15.2. The largest absolute Gasteiger partial charge is 0.478 e. The Morgan fingerprint density at radius 3 is 2.62 bits per heavy atom. The molecule has 0 spiro atoms. The lowest BCUT2D eigenvalue weighted by Gasteiger charge is -2.22. The zero-order valence-corrected chi connectivity index (χ0v) is 10.9. The monoisotopic (exact) mass is 302 g/mol. The lowest BCUT2D eigenvalue weighted by atomic mass is 9.98. The number of carboxylic acid groups (broad SMARTS) is 1. The molecule has 0 amide bonds. The predicted octanol–water partition coefficient (Wildman–Crippen LogP) is 2.76. The van der Waals surface area contributed by atoms with Crippen LogP contribution in [0.15, 0.2) is 6.20 Å². The Labute approximate surface area is 118 Å². The van der Waals surface area contributed by atoms with Crippen LogP contribution in [0.3, 0.4) is 0 Å². The number of hydrogen-bond acceptors (Lipinski definition) is 4. The van der Waals surface area contributed by atoms with Crippen LogP contribution < -0.4 is 4.74 Å². The number of aromatic nitrogens is 2. The Balaban J connectivity index is 1.85. The van der Waals surface area contributed by atoms with Crippen LogP contribution in [0, 0.1) is 11.8 Å². The van der Waals surface area contributed by atoms with Crippen LogP contribution in [0.4, 0.5) is 13.2 Å². The zero-order valence-electron chi connectivity index (χ0n) is 10.9. The number of carbonyl (C=O) groups is 1. The van der Waals surface area contributed by atoms with Crippen LogP contribution in [-0.2, 0) is 6.18 Å². The van der Waals surface area contributed by atoms with Crippen LogP contribution in [0.25, 0.3) is 0 Å². The molecule has 2 bridgehead atoms. The van der Waals surface area contributed by atoms with Gasteiger partial charge in [0.25, 0.3) is 0 Å². The van der Waals surface area contributed by atoms with Crippen LogP contribution >= 0.6 is 0 Å². The van der Waals surface area contributed by atoms with Crippen LogP contribution in [-0.4, -0.2) is 27.1 Å². The smallest absolute Gasteiger partial charge is 0.434 e. The molecule has 21 heavy (non-hydrogen) atoms. The van der Waals surface area contributed by atoms with Crippen molar-refractivity contribution >= 4 is 5.97 Å². The van der Waals surface area contributed by atoms with Gasteiger partial charge in [0.05, 0.1) is 0 Å². The first-order valence-electron chi connectivity index (χ1n) is 6.69. The summed E-state index contributed by atoms with van der Waals surface area (Å²) < 4.78 is 44.0. The van der Waals surface area contributed by atoms with Crippen molar-refractivity contribution < 1.29 is 27.8 Å². The number of hydrogen-bond donors (Lipinski definition) is 1. The fraction of sp³-hybridized carbons (Fsp3) is 0.615. The molecule has 1 heterocycles. The van der Waals surface area contributed by atoms with Gasteiger partial charge >= 0.3 is 18.2 Å². The fourth-order valence-electron chi connectivity index (χ4n) is 3.26. The van der Waals surface area contributed by atoms with E-state index < -0.39 is 29.4 Å². The summed E-state index contributed by atoms with van der Waals surface area (Å²) >= 11 is 0. The Hall–Kier alpha value is -1.86. The average Bonchev–Trinajstić information content (AvgIpc) is 2.99. The highest BCUT2D eigenvalue weighted by molar-refractivity contribution is 5.88. The third-order valence-corrected chi connectivity index (χ3v) is 4.20. The minimum Gasteiger partial charge on any atom is -0.478 e. The summed E-state index contributed by atoms with van der Waals surface area (Å²) in [4.78, 5) is 17.7. The highest BCUT2D eigenvalue weighted by Crippen LogP contribution is 2.45. The van der Waals surface area contributed by atoms with Gasteiger partial charge in [-0.1, -0.05) is 0 Å². The fourth-order valence-corrected chi connectivity index (χ4v) is 3.26. The SMILES string of the molecule is O=C(O)c1cnc(O[C@@H]2C[C@@H]3CC[C@H]2C3)nc1C(F)(F)F. The number of halogens is 3. The summed E-state index contributed by atoms with van der Waals surface area (Å²) in [6.45, 7) is 0. The molecule has 2 aliphatic carbocycles. The van der Waals surface area contributed by atoms with E-state index in [1.165, 1.54) is 0 Å². The van der Waals surface area contributed by atoms with Gasteiger partial charge in [-0.15, -0.1) is 0 Å². The second kappa shape index (κ2) is 4.85. The van der Waals surface area contributed by atoms with Crippen molar-refractivity contribution in [1.82, 2.24) is 9.97 Å². The van der Waals surface area contributed by atoms with E-state index >= 15 is 0 Å². The molecule has 0 unspecified atom stereocenters. The Morgan fingerprint density at radius 1 is 1.33 bits per heavy atom. The third kappa shape index (κ3) is 2.66. The maximum atomic E-state index is 12.8. The standard InChI is InChI=1S/C13H13F3N2O3/c14-13(15,16)10-8(11(19)20)5-17-12(18-10)21-9-4-6-1-2-7(9)3-6/h5-7,9H,1-4H2,(H,19,20)/t6-,7+,9-/m1/s1. The quantitative estimate of drug-likeness (QED) is 0.929. The van der Waals surface area contributed by atoms with E-state index in [4.69, 9.17) is 9.84 Å². The van der Waals surface area contributed by atoms with Crippen molar-refractivity contribution in [3.8, 4) is 6.01 Å². The van der Waals surface area contributed by atoms with E-state index in [1.54, 1.807) is 0 Å². The molecule has 1 aromatic rings. The molecule has 114 valence electrons. The molecule has 3 atom stereocenters. The van der Waals surface area contributed by atoms with Crippen molar-refractivity contribution in [2.75, 3.05) is 0 Å². The maximum absolute atomic E-state index is 12.8. The molecular weight excluding hydrogens is 289 g/mol. The van der Waals surface area contributed by atoms with Gasteiger partial charge in [0, 0.05) is 6.20 Å². The van der Waals surface area contributed by atoms with Gasteiger partial charge in [0.2, 0.25) is 0 Å². The third-order valence-electron chi connectivity index (χ3n) is 4.20. The van der Waals surface area contributed by atoms with Gasteiger partial charge in [-0.2, -0.15) is 18.2 Å². The van der Waals surface area contributed by atoms with Crippen molar-refractivity contribution in [3.05, 3.63) is 17.5 Å². The molecule has 3 rings (SSSR count). The van der Waals surface area contributed by atoms with Gasteiger partial charge in [-0.05, 0) is 37.5 Å². The molecule has 0 aromatic carbocycles. The van der Waals surface area contributed by atoms with Crippen LogP contribution in [0.1, 0.15) is 41.7 Å². The first kappa shape index (κ1) is 14.1. The molecule has 1 aromatic heterocycles. The number of alkyl halides is 3. The number of fused-ring (bicyclic) bond motifs is 2. The summed E-state index contributed by atoms with van der Waals surface area (Å²) in [7, 11) is 0. The second-order valence-corrected chi connectivity index (χ2v) is 5.55. The Bertz CT molecular complexity index is 576. The average molecular weight is 302 g/mol. The van der Waals surface area contributed by atoms with Crippen molar-refractivity contribution in [2.45, 2.75) is 38.0 Å². The summed E-state index contributed by atoms with van der Waals surface area (Å²) in [5.74, 6) is -0.804. The molecule has 2 aliphatic rings. The molecule has 0 aliphatic heterocycles. The van der Waals surface area contributed by atoms with E-state index in [9.17, 15) is 18.0 Å². The topological polar surface area (TPSA) is 72.3 Å². The van der Waals surface area contributed by atoms with Gasteiger partial charge in [-0.25, -0.2) is 9.78 Å². The van der Waals surface area contributed by atoms with E-state index in [1.807, 2.05) is 0 Å². The molecular formula is C13H13F3N2O3. The summed E-state index contributed by atoms with van der Waals surface area (Å²) in [6.07, 6.45) is -0.392. The normalized spacial score (nSPS) is 27.9. The van der Waals surface area contributed by atoms with Gasteiger partial charge in [0.15, 0.2) is 5.69 Å². The molecule has 1 N–H and O–H groups in total. The first-order valence-corrected chi connectivity index (χ1v) is 6.69. The molecule has 0 saturated heterocycles. The summed E-state index contributed by atoms with van der Waals surface area (Å²) in [6, 6.07) is -0.398.